The molecular formula is C22H30N2O3. The van der Waals surface area contributed by atoms with Crippen LogP contribution in [0.25, 0.3) is 10.8 Å². The summed E-state index contributed by atoms with van der Waals surface area (Å²) in [4.78, 5) is 12.9. The highest BCUT2D eigenvalue weighted by molar-refractivity contribution is 6.06. The smallest absolute Gasteiger partial charge is 0.258 e. The zero-order valence-corrected chi connectivity index (χ0v) is 16.3. The zero-order valence-electron chi connectivity index (χ0n) is 16.3. The maximum absolute atomic E-state index is 12.9. The third kappa shape index (κ3) is 4.72. The van der Waals surface area contributed by atoms with Crippen LogP contribution < -0.4 is 20.1 Å². The van der Waals surface area contributed by atoms with E-state index in [0.717, 1.165) is 17.3 Å². The van der Waals surface area contributed by atoms with E-state index in [1.54, 1.807) is 14.2 Å². The van der Waals surface area contributed by atoms with Gasteiger partial charge in [-0.1, -0.05) is 49.9 Å². The summed E-state index contributed by atoms with van der Waals surface area (Å²) in [6.07, 6.45) is 7.76. The Labute approximate surface area is 161 Å². The molecule has 2 aromatic rings. The van der Waals surface area contributed by atoms with Crippen LogP contribution >= 0.6 is 0 Å². The van der Waals surface area contributed by atoms with Crippen molar-refractivity contribution in [1.82, 2.24) is 10.6 Å². The van der Waals surface area contributed by atoms with Gasteiger partial charge in [-0.3, -0.25) is 4.79 Å². The van der Waals surface area contributed by atoms with Gasteiger partial charge in [0.25, 0.3) is 5.91 Å². The van der Waals surface area contributed by atoms with Crippen molar-refractivity contribution < 1.29 is 14.3 Å². The van der Waals surface area contributed by atoms with E-state index in [-0.39, 0.29) is 5.91 Å². The second-order valence-corrected chi connectivity index (χ2v) is 7.11. The molecule has 0 saturated heterocycles. The van der Waals surface area contributed by atoms with Gasteiger partial charge in [-0.15, -0.1) is 0 Å². The monoisotopic (exact) mass is 370 g/mol. The molecule has 0 radical (unpaired) electrons. The molecule has 0 bridgehead atoms. The van der Waals surface area contributed by atoms with Gasteiger partial charge >= 0.3 is 0 Å². The van der Waals surface area contributed by atoms with E-state index in [9.17, 15) is 4.79 Å². The Morgan fingerprint density at radius 2 is 1.78 bits per heavy atom. The van der Waals surface area contributed by atoms with Crippen LogP contribution in [-0.2, 0) is 0 Å². The van der Waals surface area contributed by atoms with Crippen molar-refractivity contribution in [2.75, 3.05) is 27.3 Å². The van der Waals surface area contributed by atoms with Crippen LogP contribution in [0, 0.1) is 0 Å². The lowest BCUT2D eigenvalue weighted by Crippen LogP contribution is -2.37. The Morgan fingerprint density at radius 1 is 1.04 bits per heavy atom. The Hall–Kier alpha value is -2.27. The van der Waals surface area contributed by atoms with Crippen molar-refractivity contribution >= 4 is 16.7 Å². The summed E-state index contributed by atoms with van der Waals surface area (Å²) in [5, 5.41) is 8.47. The predicted octanol–water partition coefficient (Wildman–Crippen LogP) is 3.90. The SMILES string of the molecule is COc1cc2ccccc2c(OC)c1C(=O)NCCNC1CCCCCC1. The lowest BCUT2D eigenvalue weighted by Gasteiger charge is -2.18. The molecule has 0 aliphatic heterocycles. The van der Waals surface area contributed by atoms with E-state index in [1.807, 2.05) is 30.3 Å². The first-order valence-electron chi connectivity index (χ1n) is 9.90. The third-order valence-corrected chi connectivity index (χ3v) is 5.32. The topological polar surface area (TPSA) is 59.6 Å². The molecule has 1 aliphatic rings. The van der Waals surface area contributed by atoms with Crippen LogP contribution in [0.1, 0.15) is 48.9 Å². The molecule has 2 N–H and O–H groups in total. The zero-order chi connectivity index (χ0) is 19.1. The summed E-state index contributed by atoms with van der Waals surface area (Å²) < 4.78 is 11.1. The van der Waals surface area contributed by atoms with E-state index in [1.165, 1.54) is 38.5 Å². The number of carbonyl (C=O) groups excluding carboxylic acids is 1. The summed E-state index contributed by atoms with van der Waals surface area (Å²) in [6, 6.07) is 10.3. The fourth-order valence-electron chi connectivity index (χ4n) is 3.90. The lowest BCUT2D eigenvalue weighted by atomic mass is 10.0. The Bertz CT molecular complexity index is 767. The van der Waals surface area contributed by atoms with Gasteiger partial charge in [-0.2, -0.15) is 0 Å². The van der Waals surface area contributed by atoms with Crippen molar-refractivity contribution in [3.63, 3.8) is 0 Å². The maximum Gasteiger partial charge on any atom is 0.258 e. The fraction of sp³-hybridized carbons (Fsp3) is 0.500. The number of amides is 1. The highest BCUT2D eigenvalue weighted by Crippen LogP contribution is 2.36. The molecule has 0 atom stereocenters. The largest absolute Gasteiger partial charge is 0.496 e. The van der Waals surface area contributed by atoms with Crippen LogP contribution in [0.4, 0.5) is 0 Å². The molecular weight excluding hydrogens is 340 g/mol. The Balaban J connectivity index is 1.67. The fourth-order valence-corrected chi connectivity index (χ4v) is 3.90. The number of ether oxygens (including phenoxy) is 2. The highest BCUT2D eigenvalue weighted by atomic mass is 16.5. The van der Waals surface area contributed by atoms with Crippen molar-refractivity contribution in [2.45, 2.75) is 44.6 Å². The van der Waals surface area contributed by atoms with Crippen molar-refractivity contribution in [3.05, 3.63) is 35.9 Å². The quantitative estimate of drug-likeness (QED) is 0.573. The highest BCUT2D eigenvalue weighted by Gasteiger charge is 2.21. The van der Waals surface area contributed by atoms with Gasteiger partial charge in [-0.25, -0.2) is 0 Å². The molecule has 5 nitrogen and oxygen atoms in total. The molecule has 1 amide bonds. The molecule has 146 valence electrons. The van der Waals surface area contributed by atoms with Gasteiger partial charge in [0.2, 0.25) is 0 Å². The Kier molecular flexibility index (Phi) is 6.93. The average molecular weight is 370 g/mol. The van der Waals surface area contributed by atoms with E-state index in [4.69, 9.17) is 9.47 Å². The van der Waals surface area contributed by atoms with Gasteiger partial charge in [0.15, 0.2) is 0 Å². The summed E-state index contributed by atoms with van der Waals surface area (Å²) >= 11 is 0. The lowest BCUT2D eigenvalue weighted by molar-refractivity contribution is 0.0947. The maximum atomic E-state index is 12.9. The van der Waals surface area contributed by atoms with Crippen LogP contribution in [0.15, 0.2) is 30.3 Å². The number of rotatable bonds is 7. The minimum absolute atomic E-state index is 0.169. The van der Waals surface area contributed by atoms with E-state index >= 15 is 0 Å². The van der Waals surface area contributed by atoms with Gasteiger partial charge in [-0.05, 0) is 24.3 Å². The number of nitrogens with one attached hydrogen (secondary N) is 2. The van der Waals surface area contributed by atoms with Crippen LogP contribution in [0.5, 0.6) is 11.5 Å². The summed E-state index contributed by atoms with van der Waals surface area (Å²) in [6.45, 7) is 1.35. The van der Waals surface area contributed by atoms with Gasteiger partial charge in [0, 0.05) is 24.5 Å². The summed E-state index contributed by atoms with van der Waals surface area (Å²) in [5.74, 6) is 0.913. The third-order valence-electron chi connectivity index (χ3n) is 5.32. The minimum atomic E-state index is -0.169. The molecule has 1 saturated carbocycles. The van der Waals surface area contributed by atoms with E-state index in [2.05, 4.69) is 10.6 Å². The first-order chi connectivity index (χ1) is 13.2. The molecule has 1 aliphatic carbocycles. The number of benzene rings is 2. The molecule has 27 heavy (non-hydrogen) atoms. The van der Waals surface area contributed by atoms with Gasteiger partial charge < -0.3 is 20.1 Å². The first-order valence-corrected chi connectivity index (χ1v) is 9.90. The molecule has 0 heterocycles. The molecule has 2 aromatic carbocycles. The molecule has 0 aromatic heterocycles. The van der Waals surface area contributed by atoms with Crippen LogP contribution in [0.2, 0.25) is 0 Å². The van der Waals surface area contributed by atoms with Crippen molar-refractivity contribution in [1.29, 1.82) is 0 Å². The van der Waals surface area contributed by atoms with E-state index < -0.39 is 0 Å². The number of carbonyl (C=O) groups is 1. The number of fused-ring (bicyclic) bond motifs is 1. The van der Waals surface area contributed by atoms with Crippen LogP contribution in [-0.4, -0.2) is 39.3 Å². The summed E-state index contributed by atoms with van der Waals surface area (Å²) in [5.41, 5.74) is 0.452. The normalized spacial score (nSPS) is 15.3. The van der Waals surface area contributed by atoms with Crippen LogP contribution in [0.3, 0.4) is 0 Å². The Morgan fingerprint density at radius 3 is 2.48 bits per heavy atom. The summed E-state index contributed by atoms with van der Waals surface area (Å²) in [7, 11) is 3.17. The van der Waals surface area contributed by atoms with Crippen molar-refractivity contribution in [3.8, 4) is 11.5 Å². The molecule has 5 heteroatoms. The molecule has 3 rings (SSSR count). The predicted molar refractivity (Wildman–Crippen MR) is 109 cm³/mol. The standard InChI is InChI=1S/C22H30N2O3/c1-26-19-15-16-9-7-8-12-18(16)21(27-2)20(19)22(25)24-14-13-23-17-10-5-3-4-6-11-17/h7-9,12,15,17,23H,3-6,10-11,13-14H2,1-2H3,(H,24,25). The number of methoxy groups -OCH3 is 2. The second-order valence-electron chi connectivity index (χ2n) is 7.11. The number of hydrogen-bond acceptors (Lipinski definition) is 4. The van der Waals surface area contributed by atoms with Crippen molar-refractivity contribution in [2.24, 2.45) is 0 Å². The first kappa shape index (κ1) is 19.5. The second kappa shape index (κ2) is 9.60. The van der Waals surface area contributed by atoms with E-state index in [0.29, 0.717) is 29.6 Å². The van der Waals surface area contributed by atoms with Gasteiger partial charge in [0.1, 0.15) is 17.1 Å². The molecule has 1 fully saturated rings. The minimum Gasteiger partial charge on any atom is -0.496 e. The molecule has 0 unspecified atom stereocenters. The number of hydrogen-bond donors (Lipinski definition) is 2. The van der Waals surface area contributed by atoms with Gasteiger partial charge in [0.05, 0.1) is 14.2 Å². The molecule has 0 spiro atoms. The average Bonchev–Trinajstić information content (AvgIpc) is 2.98.